The highest BCUT2D eigenvalue weighted by atomic mass is 15.2. The van der Waals surface area contributed by atoms with Gasteiger partial charge in [0.15, 0.2) is 17.5 Å². The predicted molar refractivity (Wildman–Crippen MR) is 419 cm³/mol. The normalized spacial score (nSPS) is 13.5. The molecule has 0 fully saturated rings. The quantitative estimate of drug-likeness (QED) is 0.142. The van der Waals surface area contributed by atoms with Crippen LogP contribution in [0.5, 0.6) is 0 Å². The average molecular weight is 1280 g/mol. The summed E-state index contributed by atoms with van der Waals surface area (Å²) in [6, 6.07) is 104. The molecular weight excluding hydrogens is 1200 g/mol. The fourth-order valence-corrected chi connectivity index (χ4v) is 15.3. The van der Waals surface area contributed by atoms with Crippen LogP contribution in [0.4, 0.5) is 34.1 Å². The van der Waals surface area contributed by atoms with Gasteiger partial charge >= 0.3 is 0 Å². The molecule has 16 rings (SSSR count). The molecule has 3 heterocycles. The number of anilines is 6. The molecule has 0 spiro atoms. The van der Waals surface area contributed by atoms with Gasteiger partial charge in [-0.05, 0) is 166 Å². The van der Waals surface area contributed by atoms with E-state index in [4.69, 9.17) is 15.0 Å². The van der Waals surface area contributed by atoms with E-state index >= 15 is 0 Å². The maximum atomic E-state index is 5.22. The topological polar surface area (TPSA) is 45.2 Å². The third-order valence-corrected chi connectivity index (χ3v) is 20.6. The molecule has 0 radical (unpaired) electrons. The van der Waals surface area contributed by atoms with E-state index in [1.807, 2.05) is 24.3 Å². The maximum absolute atomic E-state index is 5.22. The minimum absolute atomic E-state index is 0.0240. The zero-order valence-electron chi connectivity index (χ0n) is 59.4. The largest absolute Gasteiger partial charge is 0.311 e. The second-order valence-corrected chi connectivity index (χ2v) is 31.3. The first-order valence-corrected chi connectivity index (χ1v) is 35.1. The monoisotopic (exact) mass is 1280 g/mol. The lowest BCUT2D eigenvalue weighted by Crippen LogP contribution is -2.61. The maximum Gasteiger partial charge on any atom is 0.252 e. The Morgan fingerprint density at radius 1 is 0.303 bits per heavy atom. The number of fused-ring (bicyclic) bond motifs is 7. The molecule has 0 unspecified atom stereocenters. The molecule has 2 aliphatic heterocycles. The van der Waals surface area contributed by atoms with Crippen molar-refractivity contribution in [2.75, 3.05) is 9.80 Å². The van der Waals surface area contributed by atoms with E-state index in [1.165, 1.54) is 112 Å². The van der Waals surface area contributed by atoms with Crippen molar-refractivity contribution in [3.05, 3.63) is 335 Å². The van der Waals surface area contributed by atoms with Crippen LogP contribution in [-0.4, -0.2) is 21.7 Å². The Kier molecular flexibility index (Phi) is 16.0. The first kappa shape index (κ1) is 64.3. The van der Waals surface area contributed by atoms with Crippen LogP contribution in [0.3, 0.4) is 0 Å². The Hall–Kier alpha value is -10.7. The van der Waals surface area contributed by atoms with Gasteiger partial charge in [0.25, 0.3) is 6.71 Å². The highest BCUT2D eigenvalue weighted by molar-refractivity contribution is 7.00. The molecule has 13 aromatic rings. The van der Waals surface area contributed by atoms with Gasteiger partial charge in [-0.2, -0.15) is 0 Å². The summed E-state index contributed by atoms with van der Waals surface area (Å²) < 4.78 is 0. The Bertz CT molecular complexity index is 4960. The number of aromatic nitrogens is 3. The van der Waals surface area contributed by atoms with Crippen LogP contribution in [0.15, 0.2) is 285 Å². The van der Waals surface area contributed by atoms with Gasteiger partial charge < -0.3 is 9.80 Å². The van der Waals surface area contributed by atoms with Crippen molar-refractivity contribution in [3.8, 4) is 56.4 Å². The number of hydrogen-bond acceptors (Lipinski definition) is 5. The zero-order valence-corrected chi connectivity index (χ0v) is 59.4. The minimum Gasteiger partial charge on any atom is -0.311 e. The third-order valence-electron chi connectivity index (χ3n) is 20.6. The van der Waals surface area contributed by atoms with Crippen LogP contribution in [0.1, 0.15) is 133 Å². The first-order valence-electron chi connectivity index (χ1n) is 35.1. The molecule has 0 N–H and O–H groups in total. The Morgan fingerprint density at radius 3 is 1.13 bits per heavy atom. The van der Waals surface area contributed by atoms with E-state index in [0.29, 0.717) is 17.5 Å². The molecule has 6 heteroatoms. The molecular formula is C93H86BN5. The lowest BCUT2D eigenvalue weighted by Gasteiger charge is -2.45. The summed E-state index contributed by atoms with van der Waals surface area (Å²) in [6.07, 6.45) is 0. The van der Waals surface area contributed by atoms with Gasteiger partial charge in [0.1, 0.15) is 0 Å². The van der Waals surface area contributed by atoms with E-state index in [-0.39, 0.29) is 28.4 Å². The lowest BCUT2D eigenvalue weighted by atomic mass is 9.33. The molecule has 5 nitrogen and oxygen atoms in total. The number of hydrogen-bond donors (Lipinski definition) is 0. The molecule has 0 saturated heterocycles. The number of benzene rings is 12. The van der Waals surface area contributed by atoms with Crippen molar-refractivity contribution < 1.29 is 0 Å². The number of rotatable bonds is 8. The highest BCUT2D eigenvalue weighted by Crippen LogP contribution is 2.58. The average Bonchev–Trinajstić information content (AvgIpc) is 1.56. The number of nitrogens with zero attached hydrogens (tertiary/aromatic N) is 5. The van der Waals surface area contributed by atoms with Gasteiger partial charge in [0.2, 0.25) is 0 Å². The molecule has 0 bridgehead atoms. The fourth-order valence-electron chi connectivity index (χ4n) is 15.3. The van der Waals surface area contributed by atoms with Crippen molar-refractivity contribution in [2.45, 2.75) is 117 Å². The van der Waals surface area contributed by atoms with Gasteiger partial charge in [-0.1, -0.05) is 320 Å². The summed E-state index contributed by atoms with van der Waals surface area (Å²) in [5.74, 6) is 1.94. The van der Waals surface area contributed by atoms with Gasteiger partial charge in [-0.3, -0.25) is 0 Å². The predicted octanol–water partition coefficient (Wildman–Crippen LogP) is 22.2. The molecule has 0 atom stereocenters. The van der Waals surface area contributed by atoms with E-state index in [9.17, 15) is 0 Å². The SMILES string of the molecule is Cc1cc2c3c(c1)N(c1ccc(C(C)(C)C)cc1)c1ccc(C(C)(C)C)cc1B3c1cc(C(C)(C)C)ccc1N2c1ccc(C(C)(C)C)cc1.c1ccc(-c2ccc(-c3nc(-c4ccccc4)nc(-c4cccc5c4-c4ccccc4C5(c4ccccc4)c4ccccc4)n3)cc2)cc1. The van der Waals surface area contributed by atoms with Crippen LogP contribution in [0, 0.1) is 6.92 Å². The van der Waals surface area contributed by atoms with Crippen molar-refractivity contribution in [1.82, 2.24) is 15.0 Å². The second kappa shape index (κ2) is 24.7. The van der Waals surface area contributed by atoms with Crippen LogP contribution in [0.25, 0.3) is 56.4 Å². The smallest absolute Gasteiger partial charge is 0.252 e. The van der Waals surface area contributed by atoms with Crippen molar-refractivity contribution in [1.29, 1.82) is 0 Å². The van der Waals surface area contributed by atoms with Gasteiger partial charge in [0.05, 0.1) is 5.41 Å². The van der Waals surface area contributed by atoms with Crippen LogP contribution < -0.4 is 26.2 Å². The lowest BCUT2D eigenvalue weighted by molar-refractivity contribution is 0.590. The fraction of sp³-hybridized carbons (Fsp3) is 0.194. The molecule has 486 valence electrons. The first-order chi connectivity index (χ1) is 47.5. The Morgan fingerprint density at radius 2 is 0.667 bits per heavy atom. The minimum atomic E-state index is -0.504. The summed E-state index contributed by atoms with van der Waals surface area (Å²) >= 11 is 0. The third kappa shape index (κ3) is 11.6. The van der Waals surface area contributed by atoms with Gasteiger partial charge in [0, 0.05) is 50.8 Å². The summed E-state index contributed by atoms with van der Waals surface area (Å²) in [6.45, 7) is 30.1. The number of aryl methyl sites for hydroxylation is 1. The molecule has 99 heavy (non-hydrogen) atoms. The summed E-state index contributed by atoms with van der Waals surface area (Å²) in [4.78, 5) is 20.5. The van der Waals surface area contributed by atoms with E-state index < -0.39 is 5.41 Å². The van der Waals surface area contributed by atoms with Crippen LogP contribution in [-0.2, 0) is 27.1 Å². The van der Waals surface area contributed by atoms with E-state index in [2.05, 4.69) is 361 Å². The zero-order chi connectivity index (χ0) is 68.8. The van der Waals surface area contributed by atoms with E-state index in [0.717, 1.165) is 27.8 Å². The standard InChI is InChI=1S/C47H55BN2.C46H31N3/c1-30-26-41-43-42(27-30)50(36-22-16-32(17-23-36)45(5,6)7)40-25-19-34(47(11,12)13)29-38(40)48(43)37-28-33(46(8,9)10)18-24-39(37)49(41)35-20-14-31(15-21-35)44(2,3)4;1-5-16-32(17-6-1)33-28-30-35(31-29-33)44-47-43(34-18-7-2-8-19-34)48-45(49-44)39-25-15-27-41-42(39)38-24-13-14-26-40(38)46(41,36-20-9-3-10-21-36)37-22-11-4-12-23-37/h14-29H,1-13H3;1-31H. The molecule has 1 aliphatic carbocycles. The van der Waals surface area contributed by atoms with E-state index in [1.54, 1.807) is 0 Å². The Balaban J connectivity index is 0.000000161. The van der Waals surface area contributed by atoms with Gasteiger partial charge in [-0.25, -0.2) is 15.0 Å². The molecule has 3 aliphatic rings. The van der Waals surface area contributed by atoms with Crippen molar-refractivity contribution in [3.63, 3.8) is 0 Å². The van der Waals surface area contributed by atoms with Gasteiger partial charge in [-0.15, -0.1) is 0 Å². The highest BCUT2D eigenvalue weighted by Gasteiger charge is 2.48. The Labute approximate surface area is 587 Å². The molecule has 1 aromatic heterocycles. The van der Waals surface area contributed by atoms with Crippen molar-refractivity contribution in [2.24, 2.45) is 0 Å². The molecule has 12 aromatic carbocycles. The summed E-state index contributed by atoms with van der Waals surface area (Å²) in [5.41, 5.74) is 30.5. The van der Waals surface area contributed by atoms with Crippen LogP contribution in [0.2, 0.25) is 0 Å². The molecule has 0 amide bonds. The van der Waals surface area contributed by atoms with Crippen LogP contribution >= 0.6 is 0 Å². The second-order valence-electron chi connectivity index (χ2n) is 31.3. The van der Waals surface area contributed by atoms with Crippen molar-refractivity contribution >= 4 is 57.2 Å². The molecule has 0 saturated carbocycles. The summed E-state index contributed by atoms with van der Waals surface area (Å²) in [7, 11) is 0. The summed E-state index contributed by atoms with van der Waals surface area (Å²) in [5, 5.41) is 0.